The molecule has 0 fully saturated rings. The normalized spacial score (nSPS) is 13.3. The molecule has 2 nitrogen and oxygen atoms in total. The van der Waals surface area contributed by atoms with Gasteiger partial charge in [0.1, 0.15) is 6.54 Å². The minimum absolute atomic E-state index is 1.08. The molecular weight excluding hydrogens is 689 g/mol. The third-order valence-electron chi connectivity index (χ3n) is 12.7. The van der Waals surface area contributed by atoms with E-state index in [4.69, 9.17) is 0 Å². The average Bonchev–Trinajstić information content (AvgIpc) is 3.24. The number of hydrogen-bond acceptors (Lipinski definition) is 1. The standard InChI is InChI=1S/C55H87N2/c1-3-5-7-9-11-13-15-17-19-21-23-25-27-29-31-37-47-56-52(45-43-50-39-33-35-41-54(50)56)49-53-46-44-51-40-34-36-42-55(51)57(53)48-38-32-30-28-26-24-22-20-18-16-14-12-10-8-6-4-2/h33-36,39-46,49H,3-32,37-38,47-48H2,1-2H3/q+1. The van der Waals surface area contributed by atoms with Crippen LogP contribution in [0.2, 0.25) is 0 Å². The highest BCUT2D eigenvalue weighted by Crippen LogP contribution is 2.32. The van der Waals surface area contributed by atoms with Crippen LogP contribution in [0.5, 0.6) is 0 Å². The van der Waals surface area contributed by atoms with Crippen LogP contribution in [0.3, 0.4) is 0 Å². The lowest BCUT2D eigenvalue weighted by atomic mass is 10.0. The molecule has 1 aromatic heterocycles. The fraction of sp³-hybridized carbons (Fsp3) is 0.655. The third kappa shape index (κ3) is 19.2. The molecule has 0 saturated carbocycles. The molecule has 0 spiro atoms. The quantitative estimate of drug-likeness (QED) is 0.0426. The Morgan fingerprint density at radius 2 is 0.860 bits per heavy atom. The van der Waals surface area contributed by atoms with Gasteiger partial charge in [0.25, 0.3) is 0 Å². The molecule has 0 aliphatic carbocycles. The zero-order valence-electron chi connectivity index (χ0n) is 37.4. The van der Waals surface area contributed by atoms with Crippen molar-refractivity contribution in [3.05, 3.63) is 83.7 Å². The van der Waals surface area contributed by atoms with Crippen molar-refractivity contribution < 1.29 is 4.57 Å². The molecular formula is C55H87N2+. The number of allylic oxidation sites excluding steroid dienone is 1. The van der Waals surface area contributed by atoms with Crippen molar-refractivity contribution in [2.75, 3.05) is 11.4 Å². The van der Waals surface area contributed by atoms with Gasteiger partial charge in [-0.2, -0.15) is 4.57 Å². The Hall–Kier alpha value is -2.87. The fourth-order valence-electron chi connectivity index (χ4n) is 9.10. The highest BCUT2D eigenvalue weighted by molar-refractivity contribution is 5.80. The summed E-state index contributed by atoms with van der Waals surface area (Å²) in [5.74, 6) is 0. The Labute approximate surface area is 353 Å². The first kappa shape index (κ1) is 46.8. The number of rotatable bonds is 35. The summed E-state index contributed by atoms with van der Waals surface area (Å²) >= 11 is 0. The van der Waals surface area contributed by atoms with Gasteiger partial charge in [-0.05, 0) is 42.7 Å². The van der Waals surface area contributed by atoms with E-state index in [0.29, 0.717) is 0 Å². The lowest BCUT2D eigenvalue weighted by molar-refractivity contribution is -0.673. The van der Waals surface area contributed by atoms with Gasteiger partial charge in [-0.3, -0.25) is 0 Å². The Kier molecular flexibility index (Phi) is 25.5. The number of hydrogen-bond donors (Lipinski definition) is 0. The SMILES string of the molecule is CCCCCCCCCCCCCCCCCCN1/C(=C/c2ccc3ccccc3[n+]2CCCCCCCCCCCCCCCCCC)C=Cc2ccccc21. The van der Waals surface area contributed by atoms with Crippen molar-refractivity contribution in [3.63, 3.8) is 0 Å². The van der Waals surface area contributed by atoms with Gasteiger partial charge in [0.15, 0.2) is 0 Å². The molecule has 2 heterocycles. The first-order valence-corrected chi connectivity index (χ1v) is 25.0. The average molecular weight is 776 g/mol. The second kappa shape index (κ2) is 31.1. The van der Waals surface area contributed by atoms with Gasteiger partial charge in [0.05, 0.1) is 0 Å². The van der Waals surface area contributed by atoms with Crippen molar-refractivity contribution in [3.8, 4) is 0 Å². The van der Waals surface area contributed by atoms with E-state index in [1.54, 1.807) is 0 Å². The largest absolute Gasteiger partial charge is 0.341 e. The predicted molar refractivity (Wildman–Crippen MR) is 254 cm³/mol. The van der Waals surface area contributed by atoms with Gasteiger partial charge >= 0.3 is 0 Å². The molecule has 0 amide bonds. The zero-order chi connectivity index (χ0) is 39.9. The summed E-state index contributed by atoms with van der Waals surface area (Å²) in [5, 5.41) is 1.34. The van der Waals surface area contributed by atoms with Crippen molar-refractivity contribution in [2.24, 2.45) is 0 Å². The molecule has 0 bridgehead atoms. The summed E-state index contributed by atoms with van der Waals surface area (Å²) in [4.78, 5) is 2.60. The van der Waals surface area contributed by atoms with E-state index in [0.717, 1.165) is 13.1 Å². The molecule has 316 valence electrons. The molecule has 1 aliphatic heterocycles. The van der Waals surface area contributed by atoms with Gasteiger partial charge in [0.2, 0.25) is 11.2 Å². The number of unbranched alkanes of at least 4 members (excludes halogenated alkanes) is 30. The molecule has 1 aliphatic rings. The van der Waals surface area contributed by atoms with E-state index in [-0.39, 0.29) is 0 Å². The molecule has 0 atom stereocenters. The molecule has 3 aromatic rings. The van der Waals surface area contributed by atoms with Crippen molar-refractivity contribution in [1.82, 2.24) is 0 Å². The molecule has 57 heavy (non-hydrogen) atoms. The number of nitrogens with zero attached hydrogens (tertiary/aromatic N) is 2. The van der Waals surface area contributed by atoms with E-state index in [1.165, 1.54) is 239 Å². The lowest BCUT2D eigenvalue weighted by Gasteiger charge is -2.30. The minimum Gasteiger partial charge on any atom is -0.341 e. The van der Waals surface area contributed by atoms with Crippen LogP contribution in [0.4, 0.5) is 5.69 Å². The van der Waals surface area contributed by atoms with E-state index in [1.807, 2.05) is 0 Å². The smallest absolute Gasteiger partial charge is 0.212 e. The Bertz CT molecular complexity index is 1500. The van der Waals surface area contributed by atoms with E-state index in [9.17, 15) is 0 Å². The lowest BCUT2D eigenvalue weighted by Crippen LogP contribution is -2.38. The molecule has 4 rings (SSSR count). The zero-order valence-corrected chi connectivity index (χ0v) is 37.4. The van der Waals surface area contributed by atoms with Crippen LogP contribution in [0.1, 0.15) is 231 Å². The van der Waals surface area contributed by atoms with Crippen molar-refractivity contribution in [2.45, 2.75) is 226 Å². The highest BCUT2D eigenvalue weighted by atomic mass is 15.1. The van der Waals surface area contributed by atoms with Gasteiger partial charge < -0.3 is 4.90 Å². The van der Waals surface area contributed by atoms with E-state index in [2.05, 4.69) is 102 Å². The summed E-state index contributed by atoms with van der Waals surface area (Å²) in [6, 6.07) is 22.7. The molecule has 0 unspecified atom stereocenters. The first-order chi connectivity index (χ1) is 28.3. The molecule has 0 radical (unpaired) electrons. The molecule has 2 aromatic carbocycles. The second-order valence-electron chi connectivity index (χ2n) is 17.7. The highest BCUT2D eigenvalue weighted by Gasteiger charge is 2.20. The summed E-state index contributed by atoms with van der Waals surface area (Å²) < 4.78 is 2.60. The first-order valence-electron chi connectivity index (χ1n) is 25.0. The number of aromatic nitrogens is 1. The second-order valence-corrected chi connectivity index (χ2v) is 17.7. The van der Waals surface area contributed by atoms with Gasteiger partial charge in [-0.25, -0.2) is 0 Å². The maximum Gasteiger partial charge on any atom is 0.212 e. The monoisotopic (exact) mass is 776 g/mol. The third-order valence-corrected chi connectivity index (χ3v) is 12.7. The minimum atomic E-state index is 1.08. The summed E-state index contributed by atoms with van der Waals surface area (Å²) in [7, 11) is 0. The molecule has 0 saturated heterocycles. The van der Waals surface area contributed by atoms with Gasteiger partial charge in [-0.15, -0.1) is 0 Å². The van der Waals surface area contributed by atoms with Crippen molar-refractivity contribution >= 4 is 28.7 Å². The Balaban J connectivity index is 1.19. The number of anilines is 1. The molecule has 2 heteroatoms. The number of pyridine rings is 1. The van der Waals surface area contributed by atoms with Crippen LogP contribution in [0.15, 0.2) is 72.4 Å². The van der Waals surface area contributed by atoms with Gasteiger partial charge in [0, 0.05) is 47.9 Å². The maximum absolute atomic E-state index is 2.60. The van der Waals surface area contributed by atoms with Gasteiger partial charge in [-0.1, -0.05) is 236 Å². The topological polar surface area (TPSA) is 7.12 Å². The van der Waals surface area contributed by atoms with Crippen LogP contribution >= 0.6 is 0 Å². The Morgan fingerprint density at radius 3 is 1.39 bits per heavy atom. The van der Waals surface area contributed by atoms with E-state index >= 15 is 0 Å². The molecule has 0 N–H and O–H groups in total. The summed E-state index contributed by atoms with van der Waals surface area (Å²) in [5.41, 5.74) is 6.71. The summed E-state index contributed by atoms with van der Waals surface area (Å²) in [6.07, 6.45) is 52.3. The number of fused-ring (bicyclic) bond motifs is 2. The van der Waals surface area contributed by atoms with Crippen LogP contribution < -0.4 is 9.47 Å². The van der Waals surface area contributed by atoms with Crippen LogP contribution in [0, 0.1) is 0 Å². The number of aryl methyl sites for hydroxylation is 1. The van der Waals surface area contributed by atoms with Crippen LogP contribution in [0.25, 0.3) is 23.1 Å². The number of para-hydroxylation sites is 2. The van der Waals surface area contributed by atoms with Crippen LogP contribution in [-0.4, -0.2) is 6.54 Å². The summed E-state index contributed by atoms with van der Waals surface area (Å²) in [6.45, 7) is 6.78. The number of benzene rings is 2. The van der Waals surface area contributed by atoms with Crippen molar-refractivity contribution in [1.29, 1.82) is 0 Å². The van der Waals surface area contributed by atoms with E-state index < -0.39 is 0 Å². The van der Waals surface area contributed by atoms with Crippen LogP contribution in [-0.2, 0) is 6.54 Å². The predicted octanol–water partition coefficient (Wildman–Crippen LogP) is 17.5. The maximum atomic E-state index is 2.60. The fourth-order valence-corrected chi connectivity index (χ4v) is 9.10. The Morgan fingerprint density at radius 1 is 0.421 bits per heavy atom.